The predicted molar refractivity (Wildman–Crippen MR) is 249 cm³/mol. The van der Waals surface area contributed by atoms with E-state index in [4.69, 9.17) is 29.4 Å². The van der Waals surface area contributed by atoms with Crippen LogP contribution in [0.5, 0.6) is 0 Å². The summed E-state index contributed by atoms with van der Waals surface area (Å²) in [6.07, 6.45) is 55.3. The Morgan fingerprint density at radius 1 is 0.550 bits per heavy atom. The van der Waals surface area contributed by atoms with Gasteiger partial charge in [-0.05, 0) is 77.0 Å². The van der Waals surface area contributed by atoms with Crippen molar-refractivity contribution in [1.29, 1.82) is 0 Å². The first-order valence-electron chi connectivity index (χ1n) is 23.5. The van der Waals surface area contributed by atoms with Gasteiger partial charge in [0.1, 0.15) is 12.1 Å². The van der Waals surface area contributed by atoms with Crippen molar-refractivity contribution >= 4 is 19.8 Å². The van der Waals surface area contributed by atoms with Gasteiger partial charge < -0.3 is 25.2 Å². The lowest BCUT2D eigenvalue weighted by Crippen LogP contribution is -2.34. The first-order chi connectivity index (χ1) is 29.2. The zero-order valence-corrected chi connectivity index (χ0v) is 38.7. The van der Waals surface area contributed by atoms with Crippen LogP contribution in [0, 0.1) is 0 Å². The van der Waals surface area contributed by atoms with E-state index >= 15 is 0 Å². The number of carbonyl (C=O) groups excluding carboxylic acids is 1. The smallest absolute Gasteiger partial charge is 0.472 e. The summed E-state index contributed by atoms with van der Waals surface area (Å²) < 4.78 is 33.4. The highest BCUT2D eigenvalue weighted by molar-refractivity contribution is 7.47. The molecule has 0 heterocycles. The van der Waals surface area contributed by atoms with Crippen LogP contribution in [0.4, 0.5) is 0 Å². The van der Waals surface area contributed by atoms with E-state index in [2.05, 4.69) is 86.8 Å². The van der Waals surface area contributed by atoms with Crippen molar-refractivity contribution in [1.82, 2.24) is 0 Å². The van der Waals surface area contributed by atoms with E-state index in [1.807, 2.05) is 0 Å². The van der Waals surface area contributed by atoms with Crippen LogP contribution in [0.3, 0.4) is 0 Å². The summed E-state index contributed by atoms with van der Waals surface area (Å²) in [5.74, 6) is -1.80. The van der Waals surface area contributed by atoms with Crippen LogP contribution in [0.25, 0.3) is 0 Å². The van der Waals surface area contributed by atoms with Crippen LogP contribution in [0.2, 0.25) is 0 Å². The first kappa shape index (κ1) is 57.4. The van der Waals surface area contributed by atoms with Crippen molar-refractivity contribution in [3.63, 3.8) is 0 Å². The molecular formula is C49H86NO9P. The normalized spacial score (nSPS) is 14.5. The Bertz CT molecular complexity index is 1230. The quantitative estimate of drug-likeness (QED) is 0.0233. The molecule has 11 heteroatoms. The van der Waals surface area contributed by atoms with Crippen LogP contribution in [0.15, 0.2) is 72.9 Å². The molecule has 10 nitrogen and oxygen atoms in total. The molecule has 3 atom stereocenters. The Morgan fingerprint density at radius 3 is 1.45 bits per heavy atom. The molecule has 0 spiro atoms. The number of carboxylic acid groups (broad SMARTS) is 1. The van der Waals surface area contributed by atoms with E-state index in [1.165, 1.54) is 70.6 Å². The van der Waals surface area contributed by atoms with Gasteiger partial charge in [-0.3, -0.25) is 18.6 Å². The molecule has 346 valence electrons. The van der Waals surface area contributed by atoms with Gasteiger partial charge >= 0.3 is 19.8 Å². The maximum absolute atomic E-state index is 12.6. The molecule has 0 fully saturated rings. The maximum atomic E-state index is 12.6. The second-order valence-corrected chi connectivity index (χ2v) is 17.0. The summed E-state index contributed by atoms with van der Waals surface area (Å²) >= 11 is 0. The monoisotopic (exact) mass is 864 g/mol. The molecule has 0 saturated carbocycles. The second-order valence-electron chi connectivity index (χ2n) is 15.5. The summed E-state index contributed by atoms with van der Waals surface area (Å²) in [5.41, 5.74) is 5.36. The Balaban J connectivity index is 4.16. The summed E-state index contributed by atoms with van der Waals surface area (Å²) in [6, 6.07) is -1.48. The topological polar surface area (TPSA) is 155 Å². The van der Waals surface area contributed by atoms with Gasteiger partial charge in [-0.1, -0.05) is 177 Å². The van der Waals surface area contributed by atoms with Crippen LogP contribution in [-0.4, -0.2) is 60.5 Å². The van der Waals surface area contributed by atoms with E-state index in [-0.39, 0.29) is 13.0 Å². The van der Waals surface area contributed by atoms with Gasteiger partial charge in [-0.2, -0.15) is 0 Å². The number of phosphoric acid groups is 1. The van der Waals surface area contributed by atoms with Gasteiger partial charge in [0.25, 0.3) is 0 Å². The number of hydrogen-bond acceptors (Lipinski definition) is 8. The van der Waals surface area contributed by atoms with E-state index in [1.54, 1.807) is 0 Å². The van der Waals surface area contributed by atoms with Gasteiger partial charge in [-0.25, -0.2) is 4.57 Å². The molecule has 0 aliphatic heterocycles. The van der Waals surface area contributed by atoms with Crippen molar-refractivity contribution in [3.8, 4) is 0 Å². The average Bonchev–Trinajstić information content (AvgIpc) is 3.23. The van der Waals surface area contributed by atoms with E-state index in [9.17, 15) is 19.0 Å². The van der Waals surface area contributed by atoms with Crippen molar-refractivity contribution in [2.45, 2.75) is 199 Å². The highest BCUT2D eigenvalue weighted by Crippen LogP contribution is 2.43. The zero-order chi connectivity index (χ0) is 44.0. The number of nitrogens with two attached hydrogens (primary N) is 1. The fourth-order valence-electron chi connectivity index (χ4n) is 6.08. The molecule has 0 bridgehead atoms. The molecule has 0 amide bonds. The highest BCUT2D eigenvalue weighted by Gasteiger charge is 2.27. The molecule has 0 aromatic rings. The minimum Gasteiger partial charge on any atom is -0.480 e. The highest BCUT2D eigenvalue weighted by atomic mass is 31.2. The number of rotatable bonds is 44. The van der Waals surface area contributed by atoms with Gasteiger partial charge in [0.05, 0.1) is 19.8 Å². The summed E-state index contributed by atoms with van der Waals surface area (Å²) in [6.45, 7) is 3.70. The van der Waals surface area contributed by atoms with E-state index < -0.39 is 45.1 Å². The molecule has 0 saturated heterocycles. The molecule has 3 unspecified atom stereocenters. The fraction of sp³-hybridized carbons (Fsp3) is 0.714. The van der Waals surface area contributed by atoms with Gasteiger partial charge in [0, 0.05) is 13.0 Å². The third-order valence-corrected chi connectivity index (χ3v) is 10.7. The van der Waals surface area contributed by atoms with Crippen LogP contribution in [0.1, 0.15) is 187 Å². The number of aliphatic carboxylic acids is 1. The second kappa shape index (κ2) is 44.5. The number of phosphoric ester groups is 1. The molecule has 60 heavy (non-hydrogen) atoms. The molecule has 0 aromatic carbocycles. The minimum atomic E-state index is -4.63. The molecule has 0 radical (unpaired) electrons. The van der Waals surface area contributed by atoms with Crippen molar-refractivity contribution in [2.24, 2.45) is 5.73 Å². The zero-order valence-electron chi connectivity index (χ0n) is 37.8. The van der Waals surface area contributed by atoms with Crippen LogP contribution < -0.4 is 5.73 Å². The lowest BCUT2D eigenvalue weighted by Gasteiger charge is -2.20. The van der Waals surface area contributed by atoms with Crippen molar-refractivity contribution < 1.29 is 42.7 Å². The molecular weight excluding hydrogens is 778 g/mol. The average molecular weight is 864 g/mol. The number of unbranched alkanes of at least 4 members (excludes halogenated alkanes) is 18. The molecule has 4 N–H and O–H groups in total. The Labute approximate surface area is 365 Å². The Kier molecular flexibility index (Phi) is 42.5. The standard InChI is InChI=1S/C49H86NO9P/c1-3-5-7-9-11-13-15-17-19-20-21-22-23-24-25-26-27-28-30-32-34-36-38-40-42-56-43-46(44-57-60(54,55)58-45-47(50)49(52)53)59-48(51)41-39-37-35-33-31-29-18-16-14-12-10-8-6-4-2/h5,7,10-13,16-19,21-22,46-47H,3-4,6,8-9,14-15,20,23-45,50H2,1-2H3,(H,52,53)(H,54,55)/b7-5-,12-10-,13-11-,18-16-,19-17-,22-21-. The first-order valence-corrected chi connectivity index (χ1v) is 25.0. The largest absolute Gasteiger partial charge is 0.480 e. The summed E-state index contributed by atoms with van der Waals surface area (Å²) in [4.78, 5) is 33.6. The molecule has 0 aliphatic rings. The molecule has 0 aliphatic carbocycles. The van der Waals surface area contributed by atoms with Crippen LogP contribution in [-0.2, 0) is 32.7 Å². The summed E-state index contributed by atoms with van der Waals surface area (Å²) in [7, 11) is -4.63. The van der Waals surface area contributed by atoms with Crippen molar-refractivity contribution in [2.75, 3.05) is 26.4 Å². The Morgan fingerprint density at radius 2 is 0.967 bits per heavy atom. The number of ether oxygens (including phenoxy) is 2. The third-order valence-electron chi connectivity index (χ3n) is 9.72. The number of allylic oxidation sites excluding steroid dienone is 12. The van der Waals surface area contributed by atoms with Gasteiger partial charge in [0.2, 0.25) is 0 Å². The number of esters is 1. The number of carboxylic acids is 1. The van der Waals surface area contributed by atoms with Gasteiger partial charge in [0.15, 0.2) is 0 Å². The number of carbonyl (C=O) groups is 2. The van der Waals surface area contributed by atoms with Crippen LogP contribution >= 0.6 is 7.82 Å². The third kappa shape index (κ3) is 43.5. The molecule has 0 rings (SSSR count). The summed E-state index contributed by atoms with van der Waals surface area (Å²) in [5, 5.41) is 8.91. The lowest BCUT2D eigenvalue weighted by atomic mass is 10.1. The maximum Gasteiger partial charge on any atom is 0.472 e. The van der Waals surface area contributed by atoms with Crippen molar-refractivity contribution in [3.05, 3.63) is 72.9 Å². The molecule has 0 aromatic heterocycles. The minimum absolute atomic E-state index is 0.00582. The van der Waals surface area contributed by atoms with E-state index in [0.29, 0.717) is 13.0 Å². The van der Waals surface area contributed by atoms with E-state index in [0.717, 1.165) is 89.9 Å². The fourth-order valence-corrected chi connectivity index (χ4v) is 6.86. The lowest BCUT2D eigenvalue weighted by molar-refractivity contribution is -0.154. The number of hydrogen-bond donors (Lipinski definition) is 3. The SMILES string of the molecule is CC/C=C\C/C=C\C/C=C\C/C=C\CCCCCCCCCCCCCOCC(COP(=O)(O)OCC(N)C(=O)O)OC(=O)CCCCCCC/C=C\C/C=C\CCCC. The van der Waals surface area contributed by atoms with Gasteiger partial charge in [-0.15, -0.1) is 0 Å². The Hall–Kier alpha value is -2.59. The predicted octanol–water partition coefficient (Wildman–Crippen LogP) is 13.4.